The Bertz CT molecular complexity index is 1060. The summed E-state index contributed by atoms with van der Waals surface area (Å²) >= 11 is 0. The molecule has 146 valence electrons. The first-order chi connectivity index (χ1) is 14.0. The zero-order valence-electron chi connectivity index (χ0n) is 15.9. The lowest BCUT2D eigenvalue weighted by Crippen LogP contribution is -2.49. The number of anilines is 1. The number of hydrogen-bond acceptors (Lipinski definition) is 4. The number of urea groups is 1. The molecular weight excluding hydrogens is 368 g/mol. The van der Waals surface area contributed by atoms with Gasteiger partial charge in [0.2, 0.25) is 5.91 Å². The van der Waals surface area contributed by atoms with Gasteiger partial charge in [0.05, 0.1) is 11.6 Å². The third-order valence-corrected chi connectivity index (χ3v) is 5.62. The van der Waals surface area contributed by atoms with E-state index in [1.54, 1.807) is 18.2 Å². The van der Waals surface area contributed by atoms with E-state index in [-0.39, 0.29) is 0 Å². The summed E-state index contributed by atoms with van der Waals surface area (Å²) in [5.41, 5.74) is 1.58. The Kier molecular flexibility index (Phi) is 4.55. The Balaban J connectivity index is 1.59. The number of hydrogen-bond donors (Lipinski definition) is 2. The van der Waals surface area contributed by atoms with Crippen LogP contribution in [0.1, 0.15) is 36.5 Å². The van der Waals surface area contributed by atoms with E-state index in [9.17, 15) is 14.4 Å². The van der Waals surface area contributed by atoms with Crippen molar-refractivity contribution in [3.63, 3.8) is 0 Å². The number of aryl methyl sites for hydroxylation is 1. The molecule has 2 atom stereocenters. The SMILES string of the molecule is C[C@@H](C(=O)Nc1cccc(C#N)c1)N1C(=O)N[C@]2(CCCc3ccccc32)C1=O. The maximum atomic E-state index is 13.4. The first-order valence-corrected chi connectivity index (χ1v) is 9.51. The third-order valence-electron chi connectivity index (χ3n) is 5.62. The highest BCUT2D eigenvalue weighted by atomic mass is 16.2. The zero-order chi connectivity index (χ0) is 20.6. The van der Waals surface area contributed by atoms with E-state index in [1.165, 1.54) is 13.0 Å². The van der Waals surface area contributed by atoms with Crippen LogP contribution in [0.3, 0.4) is 0 Å². The summed E-state index contributed by atoms with van der Waals surface area (Å²) in [6.45, 7) is 1.52. The minimum atomic E-state index is -1.11. The number of rotatable bonds is 3. The van der Waals surface area contributed by atoms with Crippen LogP contribution in [0.15, 0.2) is 48.5 Å². The molecule has 0 bridgehead atoms. The predicted molar refractivity (Wildman–Crippen MR) is 106 cm³/mol. The van der Waals surface area contributed by atoms with Crippen LogP contribution in [0.25, 0.3) is 0 Å². The highest BCUT2D eigenvalue weighted by Crippen LogP contribution is 2.40. The van der Waals surface area contributed by atoms with Gasteiger partial charge in [-0.05, 0) is 55.5 Å². The van der Waals surface area contributed by atoms with E-state index in [0.29, 0.717) is 17.7 Å². The number of carbonyl (C=O) groups excluding carboxylic acids is 3. The molecule has 2 N–H and O–H groups in total. The lowest BCUT2D eigenvalue weighted by Gasteiger charge is -2.33. The summed E-state index contributed by atoms with van der Waals surface area (Å²) in [5.74, 6) is -0.896. The standard InChI is InChI=1S/C22H20N4O3/c1-14(19(27)24-17-9-4-6-15(12-17)13-23)26-20(28)22(25-21(26)29)11-5-8-16-7-2-3-10-18(16)22/h2-4,6-7,9-10,12,14H,5,8,11H2,1H3,(H,24,27)(H,25,29)/t14-,22-/m0/s1. The molecule has 1 aliphatic heterocycles. The van der Waals surface area contributed by atoms with Gasteiger partial charge >= 0.3 is 6.03 Å². The number of carbonyl (C=O) groups is 3. The molecule has 0 aromatic heterocycles. The molecule has 7 heteroatoms. The number of benzene rings is 2. The second kappa shape index (κ2) is 7.06. The van der Waals surface area contributed by atoms with E-state index < -0.39 is 29.4 Å². The quantitative estimate of drug-likeness (QED) is 0.789. The van der Waals surface area contributed by atoms with E-state index in [0.717, 1.165) is 28.9 Å². The van der Waals surface area contributed by atoms with Crippen molar-refractivity contribution in [1.29, 1.82) is 5.26 Å². The van der Waals surface area contributed by atoms with Crippen LogP contribution in [-0.2, 0) is 21.5 Å². The number of nitrogens with one attached hydrogen (secondary N) is 2. The fraction of sp³-hybridized carbons (Fsp3) is 0.273. The van der Waals surface area contributed by atoms with Crippen LogP contribution >= 0.6 is 0 Å². The summed E-state index contributed by atoms with van der Waals surface area (Å²) in [4.78, 5) is 39.9. The fourth-order valence-corrected chi connectivity index (χ4v) is 4.16. The average Bonchev–Trinajstić information content (AvgIpc) is 2.98. The molecule has 1 fully saturated rings. The molecule has 0 radical (unpaired) electrons. The zero-order valence-corrected chi connectivity index (χ0v) is 15.9. The van der Waals surface area contributed by atoms with Gasteiger partial charge in [0.25, 0.3) is 5.91 Å². The minimum absolute atomic E-state index is 0.400. The Hall–Kier alpha value is -3.66. The smallest absolute Gasteiger partial charge is 0.324 e. The van der Waals surface area contributed by atoms with E-state index in [1.807, 2.05) is 30.3 Å². The normalized spacial score (nSPS) is 21.3. The van der Waals surface area contributed by atoms with Gasteiger partial charge in [-0.15, -0.1) is 0 Å². The van der Waals surface area contributed by atoms with E-state index >= 15 is 0 Å². The molecule has 4 amide bonds. The van der Waals surface area contributed by atoms with Crippen molar-refractivity contribution >= 4 is 23.5 Å². The third kappa shape index (κ3) is 3.03. The maximum Gasteiger partial charge on any atom is 0.326 e. The molecule has 4 rings (SSSR count). The summed E-state index contributed by atoms with van der Waals surface area (Å²) in [6, 6.07) is 14.5. The van der Waals surface area contributed by atoms with Crippen LogP contribution in [-0.4, -0.2) is 28.8 Å². The van der Waals surface area contributed by atoms with Crippen molar-refractivity contribution in [3.8, 4) is 6.07 Å². The number of fused-ring (bicyclic) bond motifs is 2. The summed E-state index contributed by atoms with van der Waals surface area (Å²) < 4.78 is 0. The fourth-order valence-electron chi connectivity index (χ4n) is 4.16. The largest absolute Gasteiger partial charge is 0.326 e. The molecule has 1 spiro atoms. The molecule has 0 unspecified atom stereocenters. The van der Waals surface area contributed by atoms with Gasteiger partial charge in [-0.3, -0.25) is 9.59 Å². The van der Waals surface area contributed by atoms with Crippen molar-refractivity contribution in [2.24, 2.45) is 0 Å². The highest BCUT2D eigenvalue weighted by molar-refractivity contribution is 6.11. The topological polar surface area (TPSA) is 102 Å². The minimum Gasteiger partial charge on any atom is -0.324 e. The molecule has 2 aromatic rings. The van der Waals surface area contributed by atoms with Gasteiger partial charge in [-0.2, -0.15) is 5.26 Å². The lowest BCUT2D eigenvalue weighted by molar-refractivity contribution is -0.137. The maximum absolute atomic E-state index is 13.4. The van der Waals surface area contributed by atoms with Crippen LogP contribution in [0.5, 0.6) is 0 Å². The first-order valence-electron chi connectivity index (χ1n) is 9.51. The Labute approximate surface area is 168 Å². The Morgan fingerprint density at radius 1 is 1.24 bits per heavy atom. The van der Waals surface area contributed by atoms with Crippen LogP contribution in [0.4, 0.5) is 10.5 Å². The monoisotopic (exact) mass is 388 g/mol. The number of amides is 4. The van der Waals surface area contributed by atoms with Crippen LogP contribution in [0, 0.1) is 11.3 Å². The molecule has 7 nitrogen and oxygen atoms in total. The van der Waals surface area contributed by atoms with Crippen molar-refractivity contribution in [1.82, 2.24) is 10.2 Å². The average molecular weight is 388 g/mol. The van der Waals surface area contributed by atoms with E-state index in [4.69, 9.17) is 5.26 Å². The first kappa shape index (κ1) is 18.7. The second-order valence-electron chi connectivity index (χ2n) is 7.38. The molecule has 1 saturated heterocycles. The number of nitrogens with zero attached hydrogens (tertiary/aromatic N) is 2. The summed E-state index contributed by atoms with van der Waals surface area (Å²) in [7, 11) is 0. The number of imide groups is 1. The van der Waals surface area contributed by atoms with Crippen LogP contribution in [0.2, 0.25) is 0 Å². The predicted octanol–water partition coefficient (Wildman–Crippen LogP) is 2.67. The molecule has 1 heterocycles. The van der Waals surface area contributed by atoms with Gasteiger partial charge in [-0.25, -0.2) is 9.69 Å². The lowest BCUT2D eigenvalue weighted by atomic mass is 9.76. The van der Waals surface area contributed by atoms with Gasteiger partial charge in [-0.1, -0.05) is 30.3 Å². The molecular formula is C22H20N4O3. The molecule has 2 aliphatic rings. The Morgan fingerprint density at radius 3 is 2.83 bits per heavy atom. The van der Waals surface area contributed by atoms with Crippen LogP contribution < -0.4 is 10.6 Å². The van der Waals surface area contributed by atoms with E-state index in [2.05, 4.69) is 10.6 Å². The molecule has 2 aromatic carbocycles. The van der Waals surface area contributed by atoms with Gasteiger partial charge in [0.15, 0.2) is 0 Å². The molecule has 1 aliphatic carbocycles. The summed E-state index contributed by atoms with van der Waals surface area (Å²) in [5, 5.41) is 14.5. The van der Waals surface area contributed by atoms with Gasteiger partial charge in [0.1, 0.15) is 11.6 Å². The summed E-state index contributed by atoms with van der Waals surface area (Å²) in [6.07, 6.45) is 2.13. The second-order valence-corrected chi connectivity index (χ2v) is 7.38. The Morgan fingerprint density at radius 2 is 2.03 bits per heavy atom. The van der Waals surface area contributed by atoms with Gasteiger partial charge < -0.3 is 10.6 Å². The highest BCUT2D eigenvalue weighted by Gasteiger charge is 2.55. The number of nitriles is 1. The van der Waals surface area contributed by atoms with Crippen molar-refractivity contribution in [2.45, 2.75) is 37.8 Å². The van der Waals surface area contributed by atoms with Crippen molar-refractivity contribution in [2.75, 3.05) is 5.32 Å². The molecule has 0 saturated carbocycles. The van der Waals surface area contributed by atoms with Gasteiger partial charge in [0, 0.05) is 5.69 Å². The van der Waals surface area contributed by atoms with Crippen molar-refractivity contribution < 1.29 is 14.4 Å². The molecule has 29 heavy (non-hydrogen) atoms. The van der Waals surface area contributed by atoms with Crippen molar-refractivity contribution in [3.05, 3.63) is 65.2 Å².